The smallest absolute Gasteiger partial charge is 0.415 e. The Bertz CT molecular complexity index is 1090. The maximum atomic E-state index is 13.2. The lowest BCUT2D eigenvalue weighted by atomic mass is 10.1. The summed E-state index contributed by atoms with van der Waals surface area (Å²) in [7, 11) is 1.92. The summed E-state index contributed by atoms with van der Waals surface area (Å²) in [5.41, 5.74) is 1.43. The second-order valence-corrected chi connectivity index (χ2v) is 8.93. The van der Waals surface area contributed by atoms with Gasteiger partial charge in [0, 0.05) is 42.2 Å². The van der Waals surface area contributed by atoms with E-state index in [1.807, 2.05) is 18.9 Å². The van der Waals surface area contributed by atoms with Crippen molar-refractivity contribution in [3.63, 3.8) is 0 Å². The number of fused-ring (bicyclic) bond motifs is 2. The molecule has 5 rings (SSSR count). The molecular formula is C19H21FN6O3S2. The minimum Gasteiger partial charge on any atom is -0.436 e. The van der Waals surface area contributed by atoms with Crippen LogP contribution in [0.15, 0.2) is 30.5 Å². The number of halogens is 1. The van der Waals surface area contributed by atoms with Crippen LogP contribution in [0.25, 0.3) is 0 Å². The number of thiazole rings is 1. The first-order valence-electron chi connectivity index (χ1n) is 9.40. The van der Waals surface area contributed by atoms with Crippen molar-refractivity contribution in [2.24, 2.45) is 0 Å². The highest BCUT2D eigenvalue weighted by Gasteiger charge is 2.42. The van der Waals surface area contributed by atoms with Gasteiger partial charge in [-0.3, -0.25) is 9.47 Å². The zero-order valence-electron chi connectivity index (χ0n) is 16.9. The molecule has 2 aliphatic heterocycles. The molecule has 0 spiro atoms. The molecule has 0 unspecified atom stereocenters. The topological polar surface area (TPSA) is 89.6 Å². The van der Waals surface area contributed by atoms with Gasteiger partial charge in [-0.05, 0) is 36.1 Å². The van der Waals surface area contributed by atoms with Crippen LogP contribution in [-0.2, 0) is 19.6 Å². The van der Waals surface area contributed by atoms with Gasteiger partial charge in [0.05, 0.1) is 12.2 Å². The molecule has 0 amide bonds. The molecule has 0 saturated heterocycles. The van der Waals surface area contributed by atoms with Crippen LogP contribution in [0.4, 0.5) is 21.0 Å². The fourth-order valence-corrected chi connectivity index (χ4v) is 5.05. The van der Waals surface area contributed by atoms with Gasteiger partial charge >= 0.3 is 11.8 Å². The average Bonchev–Trinajstić information content (AvgIpc) is 3.40. The summed E-state index contributed by atoms with van der Waals surface area (Å²) in [6.45, 7) is 4.65. The largest absolute Gasteiger partial charge is 0.436 e. The quantitative estimate of drug-likeness (QED) is 0.422. The van der Waals surface area contributed by atoms with Crippen LogP contribution in [0.1, 0.15) is 17.5 Å². The molecule has 1 aromatic carbocycles. The summed E-state index contributed by atoms with van der Waals surface area (Å²) in [6.07, 6.45) is 1.42. The van der Waals surface area contributed by atoms with Crippen LogP contribution in [0.5, 0.6) is 6.01 Å². The number of nitro groups is 1. The predicted octanol–water partition coefficient (Wildman–Crippen LogP) is 3.43. The molecule has 2 aliphatic rings. The van der Waals surface area contributed by atoms with Crippen LogP contribution < -0.4 is 9.64 Å². The Morgan fingerprint density at radius 3 is 2.71 bits per heavy atom. The van der Waals surface area contributed by atoms with E-state index in [1.165, 1.54) is 23.2 Å². The Labute approximate surface area is 188 Å². The normalized spacial score (nSPS) is 19.5. The second kappa shape index (κ2) is 7.77. The van der Waals surface area contributed by atoms with Gasteiger partial charge < -0.3 is 19.8 Å². The molecule has 0 bridgehead atoms. The molecular weight excluding hydrogens is 443 g/mol. The van der Waals surface area contributed by atoms with E-state index >= 15 is 0 Å². The Kier molecular flexibility index (Phi) is 5.40. The van der Waals surface area contributed by atoms with Crippen LogP contribution in [-0.4, -0.2) is 43.6 Å². The third kappa shape index (κ3) is 3.98. The molecule has 164 valence electrons. The van der Waals surface area contributed by atoms with Gasteiger partial charge in [0.2, 0.25) is 0 Å². The van der Waals surface area contributed by atoms with Gasteiger partial charge in [-0.25, -0.2) is 9.37 Å². The summed E-state index contributed by atoms with van der Waals surface area (Å²) in [6, 6.07) is 6.65. The molecule has 0 saturated carbocycles. The van der Waals surface area contributed by atoms with Gasteiger partial charge in [0.1, 0.15) is 17.6 Å². The Hall–Kier alpha value is -2.70. The number of aromatic nitrogens is 3. The van der Waals surface area contributed by atoms with Crippen molar-refractivity contribution < 1.29 is 14.1 Å². The zero-order valence-corrected chi connectivity index (χ0v) is 18.7. The molecule has 4 heterocycles. The van der Waals surface area contributed by atoms with Crippen molar-refractivity contribution >= 4 is 41.5 Å². The van der Waals surface area contributed by atoms with Crippen molar-refractivity contribution in [3.05, 3.63) is 57.0 Å². The number of anilines is 2. The van der Waals surface area contributed by atoms with Crippen molar-refractivity contribution in [3.8, 4) is 6.01 Å². The summed E-state index contributed by atoms with van der Waals surface area (Å²) in [5, 5.41) is 11.7. The molecule has 3 aromatic rings. The highest BCUT2D eigenvalue weighted by Crippen LogP contribution is 2.37. The second-order valence-electron chi connectivity index (χ2n) is 7.87. The van der Waals surface area contributed by atoms with Gasteiger partial charge in [0.25, 0.3) is 0 Å². The number of nitrogens with zero attached hydrogens (tertiary/aromatic N) is 6. The molecule has 2 aromatic heterocycles. The van der Waals surface area contributed by atoms with E-state index < -0.39 is 10.5 Å². The number of ether oxygens (including phenoxy) is 1. The molecule has 1 atom stereocenters. The first-order chi connectivity index (χ1) is 14.3. The molecule has 0 N–H and O–H groups in total. The van der Waals surface area contributed by atoms with Gasteiger partial charge in [-0.2, -0.15) is 13.5 Å². The lowest BCUT2D eigenvalue weighted by Crippen LogP contribution is -2.43. The molecule has 31 heavy (non-hydrogen) atoms. The molecule has 0 radical (unpaired) electrons. The molecule has 0 aliphatic carbocycles. The maximum Gasteiger partial charge on any atom is 0.415 e. The van der Waals surface area contributed by atoms with E-state index in [-0.39, 0.29) is 25.1 Å². The number of imidazole rings is 1. The predicted molar refractivity (Wildman–Crippen MR) is 119 cm³/mol. The lowest BCUT2D eigenvalue weighted by molar-refractivity contribution is -0.389. The molecule has 12 heteroatoms. The van der Waals surface area contributed by atoms with Crippen molar-refractivity contribution in [2.75, 3.05) is 18.5 Å². The van der Waals surface area contributed by atoms with E-state index in [2.05, 4.69) is 9.88 Å². The van der Waals surface area contributed by atoms with Crippen molar-refractivity contribution in [1.82, 2.24) is 19.4 Å². The molecule has 0 fully saturated rings. The Balaban J connectivity index is 0.00000231. The van der Waals surface area contributed by atoms with Crippen LogP contribution in [0.3, 0.4) is 0 Å². The highest BCUT2D eigenvalue weighted by molar-refractivity contribution is 7.59. The first-order valence-corrected chi connectivity index (χ1v) is 10.2. The molecule has 9 nitrogen and oxygen atoms in total. The fourth-order valence-electron chi connectivity index (χ4n) is 3.95. The van der Waals surface area contributed by atoms with E-state index in [0.717, 1.165) is 23.1 Å². The summed E-state index contributed by atoms with van der Waals surface area (Å²) in [5.74, 6) is -0.457. The van der Waals surface area contributed by atoms with E-state index in [9.17, 15) is 14.5 Å². The van der Waals surface area contributed by atoms with Gasteiger partial charge in [-0.15, -0.1) is 0 Å². The van der Waals surface area contributed by atoms with Gasteiger partial charge in [0.15, 0.2) is 5.13 Å². The minimum absolute atomic E-state index is 0. The van der Waals surface area contributed by atoms with Crippen LogP contribution >= 0.6 is 24.8 Å². The monoisotopic (exact) mass is 464 g/mol. The SMILES string of the molecule is CN(c1ccc(F)cc1)c1nc2c(s1)CN(C[C@@]1(C)Cn3cc([N+](=O)[O-])nc3O1)C2.S. The third-order valence-corrected chi connectivity index (χ3v) is 6.48. The zero-order chi connectivity index (χ0) is 21.0. The Morgan fingerprint density at radius 2 is 2.06 bits per heavy atom. The Morgan fingerprint density at radius 1 is 1.32 bits per heavy atom. The number of rotatable bonds is 5. The standard InChI is InChI=1S/C19H19FN6O3S.H2S/c1-19(11-25-9-16(26(27)28)22-17(25)29-19)10-24-7-14-15(8-24)30-18(21-14)23(2)13-5-3-12(20)4-6-13;/h3-6,9H,7-8,10-11H2,1-2H3;1H2/t19-;/m0./s1. The first kappa shape index (κ1) is 21.5. The summed E-state index contributed by atoms with van der Waals surface area (Å²) < 4.78 is 20.8. The average molecular weight is 465 g/mol. The summed E-state index contributed by atoms with van der Waals surface area (Å²) >= 11 is 1.63. The number of benzene rings is 1. The van der Waals surface area contributed by atoms with Crippen molar-refractivity contribution in [1.29, 1.82) is 0 Å². The van der Waals surface area contributed by atoms with Crippen LogP contribution in [0, 0.1) is 15.9 Å². The number of hydrogen-bond acceptors (Lipinski definition) is 8. The maximum absolute atomic E-state index is 13.2. The van der Waals surface area contributed by atoms with Crippen LogP contribution in [0.2, 0.25) is 0 Å². The van der Waals surface area contributed by atoms with Crippen molar-refractivity contribution in [2.45, 2.75) is 32.2 Å². The third-order valence-electron chi connectivity index (χ3n) is 5.32. The summed E-state index contributed by atoms with van der Waals surface area (Å²) in [4.78, 5) is 24.5. The fraction of sp³-hybridized carbons (Fsp3) is 0.368. The van der Waals surface area contributed by atoms with E-state index in [1.54, 1.807) is 28.0 Å². The minimum atomic E-state index is -0.517. The lowest BCUT2D eigenvalue weighted by Gasteiger charge is -2.27. The number of hydrogen-bond donors (Lipinski definition) is 0. The van der Waals surface area contributed by atoms with Gasteiger partial charge in [-0.1, -0.05) is 11.3 Å². The van der Waals surface area contributed by atoms with E-state index in [4.69, 9.17) is 9.72 Å². The van der Waals surface area contributed by atoms with E-state index in [0.29, 0.717) is 25.6 Å². The highest BCUT2D eigenvalue weighted by atomic mass is 32.1.